The van der Waals surface area contributed by atoms with Gasteiger partial charge in [-0.3, -0.25) is 4.98 Å². The fourth-order valence-corrected chi connectivity index (χ4v) is 1.35. The van der Waals surface area contributed by atoms with Crippen molar-refractivity contribution in [1.82, 2.24) is 15.0 Å². The average Bonchev–Trinajstić information content (AvgIpc) is 2.39. The maximum atomic E-state index is 5.59. The second-order valence-corrected chi connectivity index (χ2v) is 3.26. The van der Waals surface area contributed by atoms with Gasteiger partial charge in [0.2, 0.25) is 0 Å². The van der Waals surface area contributed by atoms with Crippen LogP contribution in [0.15, 0.2) is 30.6 Å². The molecule has 0 atom stereocenters. The predicted octanol–water partition coefficient (Wildman–Crippen LogP) is 1.04. The molecule has 2 rings (SSSR count). The highest BCUT2D eigenvalue weighted by Gasteiger charge is 2.05. The van der Waals surface area contributed by atoms with Gasteiger partial charge in [0.1, 0.15) is 5.82 Å². The van der Waals surface area contributed by atoms with Crippen LogP contribution in [0.2, 0.25) is 0 Å². The van der Waals surface area contributed by atoms with Gasteiger partial charge in [-0.05, 0) is 12.1 Å². The van der Waals surface area contributed by atoms with Crippen LogP contribution in [0, 0.1) is 0 Å². The molecular weight excluding hydrogens is 202 g/mol. The molecule has 0 aliphatic carbocycles. The van der Waals surface area contributed by atoms with E-state index in [9.17, 15) is 0 Å². The summed E-state index contributed by atoms with van der Waals surface area (Å²) in [6.07, 6.45) is 3.45. The summed E-state index contributed by atoms with van der Waals surface area (Å²) in [6, 6.07) is 5.61. The number of pyridine rings is 1. The van der Waals surface area contributed by atoms with E-state index in [1.165, 1.54) is 0 Å². The van der Waals surface area contributed by atoms with Crippen LogP contribution in [0.1, 0.15) is 5.69 Å². The lowest BCUT2D eigenvalue weighted by molar-refractivity contribution is 0.969. The molecule has 5 heteroatoms. The van der Waals surface area contributed by atoms with E-state index in [0.717, 1.165) is 17.1 Å². The van der Waals surface area contributed by atoms with Gasteiger partial charge in [0, 0.05) is 37.6 Å². The predicted molar refractivity (Wildman–Crippen MR) is 62.7 cm³/mol. The Bertz CT molecular complexity index is 447. The zero-order valence-corrected chi connectivity index (χ0v) is 9.01. The first-order valence-electron chi connectivity index (χ1n) is 4.99. The van der Waals surface area contributed by atoms with Crippen molar-refractivity contribution in [3.05, 3.63) is 36.3 Å². The van der Waals surface area contributed by atoms with E-state index in [1.54, 1.807) is 12.4 Å². The van der Waals surface area contributed by atoms with Crippen molar-refractivity contribution in [1.29, 1.82) is 0 Å². The summed E-state index contributed by atoms with van der Waals surface area (Å²) in [7, 11) is 1.82. The third-order valence-electron chi connectivity index (χ3n) is 2.16. The summed E-state index contributed by atoms with van der Waals surface area (Å²) in [5.41, 5.74) is 7.27. The monoisotopic (exact) mass is 215 g/mol. The zero-order valence-electron chi connectivity index (χ0n) is 9.01. The number of aromatic nitrogens is 3. The van der Waals surface area contributed by atoms with Crippen molar-refractivity contribution in [2.24, 2.45) is 5.73 Å². The molecule has 0 unspecified atom stereocenters. The zero-order chi connectivity index (χ0) is 11.4. The van der Waals surface area contributed by atoms with Gasteiger partial charge >= 0.3 is 0 Å². The molecule has 2 aromatic rings. The lowest BCUT2D eigenvalue weighted by Gasteiger charge is -2.06. The van der Waals surface area contributed by atoms with Gasteiger partial charge in [-0.15, -0.1) is 0 Å². The maximum Gasteiger partial charge on any atom is 0.163 e. The first-order valence-corrected chi connectivity index (χ1v) is 4.99. The Morgan fingerprint density at radius 3 is 2.88 bits per heavy atom. The van der Waals surface area contributed by atoms with Crippen molar-refractivity contribution in [3.63, 3.8) is 0 Å². The van der Waals surface area contributed by atoms with Crippen molar-refractivity contribution in [2.45, 2.75) is 6.54 Å². The van der Waals surface area contributed by atoms with Gasteiger partial charge in [0.05, 0.1) is 5.69 Å². The second kappa shape index (κ2) is 4.67. The minimum Gasteiger partial charge on any atom is -0.373 e. The van der Waals surface area contributed by atoms with E-state index in [4.69, 9.17) is 5.73 Å². The van der Waals surface area contributed by atoms with E-state index in [0.29, 0.717) is 12.4 Å². The number of nitrogens with two attached hydrogens (primary N) is 1. The highest BCUT2D eigenvalue weighted by atomic mass is 15.0. The number of hydrogen-bond donors (Lipinski definition) is 2. The van der Waals surface area contributed by atoms with Crippen molar-refractivity contribution in [2.75, 3.05) is 12.4 Å². The molecule has 0 aliphatic heterocycles. The second-order valence-electron chi connectivity index (χ2n) is 3.26. The Morgan fingerprint density at radius 1 is 1.38 bits per heavy atom. The van der Waals surface area contributed by atoms with Crippen LogP contribution in [-0.4, -0.2) is 22.0 Å². The van der Waals surface area contributed by atoms with Crippen molar-refractivity contribution in [3.8, 4) is 11.4 Å². The highest BCUT2D eigenvalue weighted by molar-refractivity contribution is 5.56. The van der Waals surface area contributed by atoms with Crippen molar-refractivity contribution >= 4 is 5.82 Å². The number of nitrogens with one attached hydrogen (secondary N) is 1. The SMILES string of the molecule is CNc1cc(CN)nc(-c2cccnc2)n1. The smallest absolute Gasteiger partial charge is 0.163 e. The van der Waals surface area contributed by atoms with Gasteiger partial charge in [0.15, 0.2) is 5.82 Å². The van der Waals surface area contributed by atoms with E-state index in [1.807, 2.05) is 25.2 Å². The molecule has 2 aromatic heterocycles. The van der Waals surface area contributed by atoms with Gasteiger partial charge < -0.3 is 11.1 Å². The molecule has 0 aliphatic rings. The number of hydrogen-bond acceptors (Lipinski definition) is 5. The van der Waals surface area contributed by atoms with Crippen LogP contribution in [0.25, 0.3) is 11.4 Å². The first-order chi connectivity index (χ1) is 7.83. The largest absolute Gasteiger partial charge is 0.373 e. The van der Waals surface area contributed by atoms with Crippen LogP contribution < -0.4 is 11.1 Å². The normalized spacial score (nSPS) is 10.1. The number of rotatable bonds is 3. The Morgan fingerprint density at radius 2 is 2.25 bits per heavy atom. The maximum absolute atomic E-state index is 5.59. The lowest BCUT2D eigenvalue weighted by Crippen LogP contribution is -2.05. The minimum atomic E-state index is 0.393. The van der Waals surface area contributed by atoms with Crippen LogP contribution in [0.4, 0.5) is 5.82 Å². The molecule has 0 fully saturated rings. The van der Waals surface area contributed by atoms with Crippen LogP contribution in [0.3, 0.4) is 0 Å². The van der Waals surface area contributed by atoms with Crippen LogP contribution in [-0.2, 0) is 6.54 Å². The molecular formula is C11H13N5. The fourth-order valence-electron chi connectivity index (χ4n) is 1.35. The van der Waals surface area contributed by atoms with Crippen LogP contribution in [0.5, 0.6) is 0 Å². The Balaban J connectivity index is 2.48. The lowest BCUT2D eigenvalue weighted by atomic mass is 10.2. The molecule has 0 aromatic carbocycles. The molecule has 0 amide bonds. The Kier molecular flexibility index (Phi) is 3.07. The minimum absolute atomic E-state index is 0.393. The summed E-state index contributed by atoms with van der Waals surface area (Å²) in [6.45, 7) is 0.393. The number of nitrogens with zero attached hydrogens (tertiary/aromatic N) is 3. The molecule has 0 saturated heterocycles. The molecule has 0 spiro atoms. The Hall–Kier alpha value is -2.01. The van der Waals surface area contributed by atoms with Gasteiger partial charge in [0.25, 0.3) is 0 Å². The van der Waals surface area contributed by atoms with Gasteiger partial charge in [-0.1, -0.05) is 0 Å². The molecule has 0 bridgehead atoms. The average molecular weight is 215 g/mol. The standard InChI is InChI=1S/C11H13N5/c1-13-10-5-9(6-12)15-11(16-10)8-3-2-4-14-7-8/h2-5,7H,6,12H2,1H3,(H,13,15,16). The quantitative estimate of drug-likeness (QED) is 0.800. The van der Waals surface area contributed by atoms with E-state index in [2.05, 4.69) is 20.3 Å². The topological polar surface area (TPSA) is 76.7 Å². The first kappa shape index (κ1) is 10.5. The molecule has 5 nitrogen and oxygen atoms in total. The summed E-state index contributed by atoms with van der Waals surface area (Å²) in [5, 5.41) is 2.98. The summed E-state index contributed by atoms with van der Waals surface area (Å²) in [4.78, 5) is 12.7. The molecule has 3 N–H and O–H groups in total. The molecule has 0 saturated carbocycles. The fraction of sp³-hybridized carbons (Fsp3) is 0.182. The number of anilines is 1. The molecule has 16 heavy (non-hydrogen) atoms. The van der Waals surface area contributed by atoms with Gasteiger partial charge in [-0.2, -0.15) is 0 Å². The molecule has 82 valence electrons. The van der Waals surface area contributed by atoms with E-state index in [-0.39, 0.29) is 0 Å². The van der Waals surface area contributed by atoms with E-state index >= 15 is 0 Å². The van der Waals surface area contributed by atoms with E-state index < -0.39 is 0 Å². The summed E-state index contributed by atoms with van der Waals surface area (Å²) in [5.74, 6) is 1.40. The third-order valence-corrected chi connectivity index (χ3v) is 2.16. The highest BCUT2D eigenvalue weighted by Crippen LogP contribution is 2.16. The van der Waals surface area contributed by atoms with Gasteiger partial charge in [-0.25, -0.2) is 9.97 Å². The van der Waals surface area contributed by atoms with Crippen LogP contribution >= 0.6 is 0 Å². The third kappa shape index (κ3) is 2.14. The Labute approximate surface area is 93.8 Å². The molecule has 2 heterocycles. The molecule has 0 radical (unpaired) electrons. The summed E-state index contributed by atoms with van der Waals surface area (Å²) >= 11 is 0. The summed E-state index contributed by atoms with van der Waals surface area (Å²) < 4.78 is 0. The van der Waals surface area contributed by atoms with Crippen molar-refractivity contribution < 1.29 is 0 Å².